The lowest BCUT2D eigenvalue weighted by Gasteiger charge is -2.40. The molecule has 0 aliphatic heterocycles. The van der Waals surface area contributed by atoms with Gasteiger partial charge in [0.25, 0.3) is 5.91 Å². The largest absolute Gasteiger partial charge is 0.408 e. The Kier molecular flexibility index (Phi) is 2.85. The average molecular weight is 329 g/mol. The molecule has 1 aromatic carbocycles. The minimum atomic E-state index is -9.74. The van der Waals surface area contributed by atoms with Crippen molar-refractivity contribution in [1.82, 2.24) is 10.2 Å². The fourth-order valence-corrected chi connectivity index (χ4v) is 2.03. The molecule has 5 nitrogen and oxygen atoms in total. The van der Waals surface area contributed by atoms with E-state index in [-0.39, 0.29) is 29.6 Å². The van der Waals surface area contributed by atoms with Crippen molar-refractivity contribution >= 4 is 22.1 Å². The standard InChI is InChI=1S/C10H8F5N3O2S/c1-6-17-18-10(20-6)16-9(19)7-2-4-8(5-3-7)21(11,12,13,14)15/h2-5H,1H3,(H,16,18,19). The number of aryl methyl sites for hydroxylation is 1. The minimum Gasteiger partial charge on any atom is -0.408 e. The predicted octanol–water partition coefficient (Wildman–Crippen LogP) is 4.29. The van der Waals surface area contributed by atoms with Crippen LogP contribution >= 0.6 is 10.2 Å². The summed E-state index contributed by atoms with van der Waals surface area (Å²) in [5, 5.41) is 8.99. The van der Waals surface area contributed by atoms with Gasteiger partial charge in [0.05, 0.1) is 0 Å². The van der Waals surface area contributed by atoms with Crippen LogP contribution in [0.4, 0.5) is 25.4 Å². The molecular weight excluding hydrogens is 321 g/mol. The number of hydrogen-bond donors (Lipinski definition) is 1. The monoisotopic (exact) mass is 329 g/mol. The molecule has 0 atom stereocenters. The Labute approximate surface area is 114 Å². The van der Waals surface area contributed by atoms with Gasteiger partial charge in [0.1, 0.15) is 4.90 Å². The van der Waals surface area contributed by atoms with E-state index in [0.29, 0.717) is 12.1 Å². The number of carbonyl (C=O) groups excluding carboxylic acids is 1. The van der Waals surface area contributed by atoms with Crippen molar-refractivity contribution < 1.29 is 28.6 Å². The first-order chi connectivity index (χ1) is 9.35. The van der Waals surface area contributed by atoms with Crippen LogP contribution in [0, 0.1) is 6.92 Å². The van der Waals surface area contributed by atoms with Gasteiger partial charge < -0.3 is 4.42 Å². The van der Waals surface area contributed by atoms with E-state index in [1.54, 1.807) is 0 Å². The number of halogens is 5. The van der Waals surface area contributed by atoms with Crippen LogP contribution in [0.2, 0.25) is 0 Å². The number of nitrogens with one attached hydrogen (secondary N) is 1. The van der Waals surface area contributed by atoms with Crippen LogP contribution in [-0.2, 0) is 0 Å². The van der Waals surface area contributed by atoms with Crippen LogP contribution in [0.15, 0.2) is 33.6 Å². The first-order valence-electron chi connectivity index (χ1n) is 5.31. The van der Waals surface area contributed by atoms with E-state index in [1.807, 2.05) is 0 Å². The van der Waals surface area contributed by atoms with Crippen molar-refractivity contribution in [2.75, 3.05) is 5.32 Å². The van der Waals surface area contributed by atoms with Gasteiger partial charge in [0, 0.05) is 12.5 Å². The lowest BCUT2D eigenvalue weighted by atomic mass is 10.2. The smallest absolute Gasteiger partial charge is 0.322 e. The van der Waals surface area contributed by atoms with Gasteiger partial charge in [0.2, 0.25) is 5.89 Å². The second-order valence-corrected chi connectivity index (χ2v) is 6.48. The lowest BCUT2D eigenvalue weighted by molar-refractivity contribution is 0.102. The SMILES string of the molecule is Cc1nnc(NC(=O)c2ccc(S(F)(F)(F)(F)F)cc2)o1. The van der Waals surface area contributed by atoms with E-state index < -0.39 is 21.0 Å². The quantitative estimate of drug-likeness (QED) is 0.853. The molecule has 21 heavy (non-hydrogen) atoms. The van der Waals surface area contributed by atoms with E-state index in [2.05, 4.69) is 15.5 Å². The van der Waals surface area contributed by atoms with E-state index in [9.17, 15) is 24.2 Å². The molecule has 0 bridgehead atoms. The van der Waals surface area contributed by atoms with Gasteiger partial charge in [-0.2, -0.15) is 0 Å². The highest BCUT2D eigenvalue weighted by atomic mass is 32.5. The summed E-state index contributed by atoms with van der Waals surface area (Å²) in [6, 6.07) is 1.30. The van der Waals surface area contributed by atoms with Gasteiger partial charge in [-0.15, -0.1) is 5.10 Å². The van der Waals surface area contributed by atoms with Crippen LogP contribution in [0.5, 0.6) is 0 Å². The molecule has 0 unspecified atom stereocenters. The molecule has 0 aliphatic rings. The summed E-state index contributed by atoms with van der Waals surface area (Å²) in [4.78, 5) is 9.58. The summed E-state index contributed by atoms with van der Waals surface area (Å²) in [6.45, 7) is 1.46. The number of hydrogen-bond acceptors (Lipinski definition) is 4. The molecule has 0 aliphatic carbocycles. The number of amides is 1. The van der Waals surface area contributed by atoms with Crippen molar-refractivity contribution in [2.45, 2.75) is 11.8 Å². The van der Waals surface area contributed by atoms with E-state index >= 15 is 0 Å². The van der Waals surface area contributed by atoms with E-state index in [4.69, 9.17) is 4.42 Å². The number of carbonyl (C=O) groups is 1. The van der Waals surface area contributed by atoms with E-state index in [0.717, 1.165) is 0 Å². The predicted molar refractivity (Wildman–Crippen MR) is 64.8 cm³/mol. The third-order valence-electron chi connectivity index (χ3n) is 2.31. The molecule has 1 N–H and O–H groups in total. The van der Waals surface area contributed by atoms with E-state index in [1.165, 1.54) is 6.92 Å². The van der Waals surface area contributed by atoms with Crippen LogP contribution in [-0.4, -0.2) is 16.1 Å². The summed E-state index contributed by atoms with van der Waals surface area (Å²) in [6.07, 6.45) is 0. The summed E-state index contributed by atoms with van der Waals surface area (Å²) < 4.78 is 67.3. The minimum absolute atomic E-state index is 0.148. The summed E-state index contributed by atoms with van der Waals surface area (Å²) in [5.74, 6) is -0.700. The molecule has 1 heterocycles. The van der Waals surface area contributed by atoms with Gasteiger partial charge in [-0.1, -0.05) is 24.5 Å². The lowest BCUT2D eigenvalue weighted by Crippen LogP contribution is -2.13. The molecule has 116 valence electrons. The first-order valence-corrected chi connectivity index (χ1v) is 7.26. The van der Waals surface area contributed by atoms with Crippen molar-refractivity contribution in [3.05, 3.63) is 35.7 Å². The molecular formula is C10H8F5N3O2S. The molecule has 0 saturated carbocycles. The van der Waals surface area contributed by atoms with Gasteiger partial charge in [-0.3, -0.25) is 10.1 Å². The number of rotatable bonds is 3. The van der Waals surface area contributed by atoms with Crippen LogP contribution < -0.4 is 5.32 Å². The molecule has 0 spiro atoms. The Balaban J connectivity index is 2.22. The summed E-state index contributed by atoms with van der Waals surface area (Å²) in [7, 11) is -9.74. The third kappa shape index (κ3) is 3.68. The highest BCUT2D eigenvalue weighted by Crippen LogP contribution is 3.02. The normalized spacial score (nSPS) is 15.1. The maximum absolute atomic E-state index is 12.5. The van der Waals surface area contributed by atoms with Crippen molar-refractivity contribution in [1.29, 1.82) is 0 Å². The van der Waals surface area contributed by atoms with Gasteiger partial charge in [-0.05, 0) is 24.3 Å². The van der Waals surface area contributed by atoms with Crippen LogP contribution in [0.25, 0.3) is 0 Å². The second kappa shape index (κ2) is 3.93. The maximum atomic E-state index is 12.5. The molecule has 0 fully saturated rings. The van der Waals surface area contributed by atoms with Crippen LogP contribution in [0.3, 0.4) is 0 Å². The Morgan fingerprint density at radius 1 is 1.10 bits per heavy atom. The fraction of sp³-hybridized carbons (Fsp3) is 0.100. The topological polar surface area (TPSA) is 68.0 Å². The Hall–Kier alpha value is -2.17. The third-order valence-corrected chi connectivity index (χ3v) is 3.47. The molecule has 1 aromatic heterocycles. The number of anilines is 1. The molecule has 11 heteroatoms. The molecule has 0 saturated heterocycles. The number of nitrogens with zero attached hydrogens (tertiary/aromatic N) is 2. The van der Waals surface area contributed by atoms with Crippen molar-refractivity contribution in [3.8, 4) is 0 Å². The Morgan fingerprint density at radius 3 is 2.10 bits per heavy atom. The zero-order chi connectivity index (χ0) is 16.0. The zero-order valence-corrected chi connectivity index (χ0v) is 11.1. The summed E-state index contributed by atoms with van der Waals surface area (Å²) in [5.41, 5.74) is -0.267. The second-order valence-electron chi connectivity index (χ2n) is 4.07. The average Bonchev–Trinajstić information content (AvgIpc) is 2.72. The highest BCUT2D eigenvalue weighted by molar-refractivity contribution is 8.45. The molecule has 0 radical (unpaired) electrons. The zero-order valence-electron chi connectivity index (χ0n) is 10.3. The van der Waals surface area contributed by atoms with Crippen molar-refractivity contribution in [2.24, 2.45) is 0 Å². The van der Waals surface area contributed by atoms with Crippen LogP contribution in [0.1, 0.15) is 16.2 Å². The Bertz CT molecular complexity index is 696. The van der Waals surface area contributed by atoms with Gasteiger partial charge >= 0.3 is 16.2 Å². The van der Waals surface area contributed by atoms with Gasteiger partial charge in [-0.25, -0.2) is 0 Å². The molecule has 1 amide bonds. The van der Waals surface area contributed by atoms with Gasteiger partial charge in [0.15, 0.2) is 0 Å². The Morgan fingerprint density at radius 2 is 1.67 bits per heavy atom. The number of aromatic nitrogens is 2. The number of benzene rings is 1. The molecule has 2 aromatic rings. The molecule has 2 rings (SSSR count). The highest BCUT2D eigenvalue weighted by Gasteiger charge is 2.65. The summed E-state index contributed by atoms with van der Waals surface area (Å²) >= 11 is 0. The first kappa shape index (κ1) is 15.2. The fourth-order valence-electron chi connectivity index (χ4n) is 1.38. The van der Waals surface area contributed by atoms with Crippen molar-refractivity contribution in [3.63, 3.8) is 0 Å². The maximum Gasteiger partial charge on any atom is 0.322 e.